The van der Waals surface area contributed by atoms with Crippen LogP contribution < -0.4 is 5.32 Å². The van der Waals surface area contributed by atoms with E-state index in [1.54, 1.807) is 20.8 Å². The van der Waals surface area contributed by atoms with Gasteiger partial charge in [0.1, 0.15) is 5.60 Å². The molecule has 6 nitrogen and oxygen atoms in total. The molecule has 0 spiro atoms. The molecule has 1 aliphatic heterocycles. The highest BCUT2D eigenvalue weighted by atomic mass is 16.6. The number of rotatable bonds is 2. The van der Waals surface area contributed by atoms with Crippen LogP contribution in [-0.2, 0) is 19.1 Å². The summed E-state index contributed by atoms with van der Waals surface area (Å²) < 4.78 is 9.88. The van der Waals surface area contributed by atoms with Crippen LogP contribution in [0.3, 0.4) is 0 Å². The van der Waals surface area contributed by atoms with Crippen LogP contribution >= 0.6 is 0 Å². The quantitative estimate of drug-likeness (QED) is 0.618. The van der Waals surface area contributed by atoms with Crippen LogP contribution in [-0.4, -0.2) is 29.2 Å². The maximum atomic E-state index is 12.0. The normalized spacial score (nSPS) is 25.4. The number of amides is 1. The van der Waals surface area contributed by atoms with E-state index in [0.717, 1.165) is 12.8 Å². The van der Waals surface area contributed by atoms with Gasteiger partial charge >= 0.3 is 18.0 Å². The van der Waals surface area contributed by atoms with Gasteiger partial charge in [0.2, 0.25) is 0 Å². The van der Waals surface area contributed by atoms with Crippen LogP contribution in [0, 0.1) is 5.92 Å². The lowest BCUT2D eigenvalue weighted by atomic mass is 9.81. The molecule has 1 saturated heterocycles. The largest absolute Gasteiger partial charge is 0.444 e. The molecule has 6 heteroatoms. The molecule has 0 radical (unpaired) electrons. The second-order valence-electron chi connectivity index (χ2n) is 6.54. The molecule has 112 valence electrons. The summed E-state index contributed by atoms with van der Waals surface area (Å²) in [6, 6.07) is 0. The summed E-state index contributed by atoms with van der Waals surface area (Å²) in [6.45, 7) is 5.34. The van der Waals surface area contributed by atoms with Crippen LogP contribution in [0.25, 0.3) is 0 Å². The molecule has 1 amide bonds. The van der Waals surface area contributed by atoms with E-state index < -0.39 is 35.1 Å². The van der Waals surface area contributed by atoms with Crippen molar-refractivity contribution in [3.05, 3.63) is 0 Å². The van der Waals surface area contributed by atoms with Crippen molar-refractivity contribution in [1.29, 1.82) is 0 Å². The van der Waals surface area contributed by atoms with Gasteiger partial charge in [-0.2, -0.15) is 0 Å². The van der Waals surface area contributed by atoms with Crippen molar-refractivity contribution >= 4 is 18.0 Å². The molecule has 0 aromatic heterocycles. The van der Waals surface area contributed by atoms with Gasteiger partial charge in [-0.15, -0.1) is 0 Å². The van der Waals surface area contributed by atoms with Crippen LogP contribution in [0.1, 0.15) is 52.9 Å². The highest BCUT2D eigenvalue weighted by Crippen LogP contribution is 2.40. The number of cyclic esters (lactones) is 2. The van der Waals surface area contributed by atoms with E-state index in [4.69, 9.17) is 4.74 Å². The summed E-state index contributed by atoms with van der Waals surface area (Å²) in [7, 11) is 0. The van der Waals surface area contributed by atoms with Gasteiger partial charge in [0.25, 0.3) is 0 Å². The summed E-state index contributed by atoms with van der Waals surface area (Å²) in [5, 5.41) is 2.83. The van der Waals surface area contributed by atoms with Crippen LogP contribution in [0.4, 0.5) is 4.79 Å². The number of alkyl carbamates (subject to hydrolysis) is 1. The van der Waals surface area contributed by atoms with E-state index in [9.17, 15) is 14.4 Å². The first-order valence-corrected chi connectivity index (χ1v) is 6.98. The van der Waals surface area contributed by atoms with E-state index in [2.05, 4.69) is 10.1 Å². The van der Waals surface area contributed by atoms with Crippen molar-refractivity contribution in [3.63, 3.8) is 0 Å². The van der Waals surface area contributed by atoms with Crippen molar-refractivity contribution in [2.75, 3.05) is 0 Å². The minimum atomic E-state index is -0.703. The Kier molecular flexibility index (Phi) is 3.75. The van der Waals surface area contributed by atoms with Gasteiger partial charge in [-0.05, 0) is 33.6 Å². The first kappa shape index (κ1) is 14.8. The Morgan fingerprint density at radius 3 is 2.35 bits per heavy atom. The summed E-state index contributed by atoms with van der Waals surface area (Å²) in [6.07, 6.45) is 2.64. The predicted molar refractivity (Wildman–Crippen MR) is 69.8 cm³/mol. The van der Waals surface area contributed by atoms with E-state index >= 15 is 0 Å². The minimum Gasteiger partial charge on any atom is -0.444 e. The summed E-state index contributed by atoms with van der Waals surface area (Å²) >= 11 is 0. The zero-order chi connectivity index (χ0) is 15.0. The predicted octanol–water partition coefficient (Wildman–Crippen LogP) is 1.91. The van der Waals surface area contributed by atoms with Gasteiger partial charge in [0.15, 0.2) is 0 Å². The number of carbonyl (C=O) groups excluding carboxylic acids is 3. The molecule has 1 unspecified atom stereocenters. The highest BCUT2D eigenvalue weighted by molar-refractivity contribution is 5.95. The van der Waals surface area contributed by atoms with Crippen molar-refractivity contribution in [2.24, 2.45) is 5.92 Å². The lowest BCUT2D eigenvalue weighted by molar-refractivity contribution is -0.153. The van der Waals surface area contributed by atoms with Crippen molar-refractivity contribution < 1.29 is 23.9 Å². The molecule has 2 fully saturated rings. The average molecular weight is 283 g/mol. The van der Waals surface area contributed by atoms with Crippen molar-refractivity contribution in [3.8, 4) is 0 Å². The Balaban J connectivity index is 2.12. The molecule has 0 aromatic rings. The molecule has 2 aliphatic rings. The first-order chi connectivity index (χ1) is 9.22. The van der Waals surface area contributed by atoms with Crippen molar-refractivity contribution in [2.45, 2.75) is 64.0 Å². The molecule has 0 bridgehead atoms. The van der Waals surface area contributed by atoms with Gasteiger partial charge < -0.3 is 14.8 Å². The molecule has 1 heterocycles. The van der Waals surface area contributed by atoms with Gasteiger partial charge in [0, 0.05) is 0 Å². The number of ether oxygens (including phenoxy) is 2. The van der Waals surface area contributed by atoms with Crippen LogP contribution in [0.5, 0.6) is 0 Å². The van der Waals surface area contributed by atoms with Gasteiger partial charge in [-0.1, -0.05) is 12.8 Å². The Morgan fingerprint density at radius 2 is 1.90 bits per heavy atom. The van der Waals surface area contributed by atoms with Gasteiger partial charge in [-0.25, -0.2) is 4.79 Å². The topological polar surface area (TPSA) is 81.7 Å². The fourth-order valence-electron chi connectivity index (χ4n) is 2.97. The second kappa shape index (κ2) is 5.07. The Hall–Kier alpha value is -1.59. The lowest BCUT2D eigenvalue weighted by Gasteiger charge is -2.34. The second-order valence-corrected chi connectivity index (χ2v) is 6.54. The maximum Gasteiger partial charge on any atom is 0.408 e. The third-order valence-corrected chi connectivity index (χ3v) is 3.78. The third kappa shape index (κ3) is 3.11. The molecular weight excluding hydrogens is 262 g/mol. The molecule has 2 rings (SSSR count). The summed E-state index contributed by atoms with van der Waals surface area (Å²) in [4.78, 5) is 35.1. The molecule has 1 saturated carbocycles. The van der Waals surface area contributed by atoms with E-state index in [-0.39, 0.29) is 6.42 Å². The molecule has 0 aromatic carbocycles. The fraction of sp³-hybridized carbons (Fsp3) is 0.786. The van der Waals surface area contributed by atoms with Gasteiger partial charge in [0.05, 0.1) is 17.9 Å². The zero-order valence-corrected chi connectivity index (χ0v) is 12.2. The standard InChI is InChI=1S/C14H21NO5/c1-13(2,3)20-12(18)15-14(6-4-5-7-14)9-8-10(16)19-11(9)17/h9H,4-8H2,1-3H3,(H,15,18). The lowest BCUT2D eigenvalue weighted by Crippen LogP contribution is -2.54. The van der Waals surface area contributed by atoms with Crippen LogP contribution in [0.15, 0.2) is 0 Å². The fourth-order valence-corrected chi connectivity index (χ4v) is 2.97. The van der Waals surface area contributed by atoms with Crippen LogP contribution in [0.2, 0.25) is 0 Å². The molecule has 1 aliphatic carbocycles. The number of hydrogen-bond donors (Lipinski definition) is 1. The highest BCUT2D eigenvalue weighted by Gasteiger charge is 2.52. The van der Waals surface area contributed by atoms with Crippen molar-refractivity contribution in [1.82, 2.24) is 5.32 Å². The zero-order valence-electron chi connectivity index (χ0n) is 12.2. The van der Waals surface area contributed by atoms with E-state index in [1.807, 2.05) is 0 Å². The SMILES string of the molecule is CC(C)(C)OC(=O)NC1(C2CC(=O)OC2=O)CCCC1. The van der Waals surface area contributed by atoms with E-state index in [0.29, 0.717) is 12.8 Å². The number of nitrogens with one attached hydrogen (secondary N) is 1. The maximum absolute atomic E-state index is 12.0. The average Bonchev–Trinajstić information content (AvgIpc) is 2.83. The molecule has 1 N–H and O–H groups in total. The Morgan fingerprint density at radius 1 is 1.30 bits per heavy atom. The summed E-state index contributed by atoms with van der Waals surface area (Å²) in [5.41, 5.74) is -1.30. The number of carbonyl (C=O) groups is 3. The number of hydrogen-bond acceptors (Lipinski definition) is 5. The monoisotopic (exact) mass is 283 g/mol. The Labute approximate surface area is 118 Å². The minimum absolute atomic E-state index is 0.0363. The van der Waals surface area contributed by atoms with Gasteiger partial charge in [-0.3, -0.25) is 9.59 Å². The smallest absolute Gasteiger partial charge is 0.408 e. The third-order valence-electron chi connectivity index (χ3n) is 3.78. The summed E-state index contributed by atoms with van der Waals surface area (Å²) in [5.74, 6) is -1.64. The molecular formula is C14H21NO5. The first-order valence-electron chi connectivity index (χ1n) is 6.98. The molecule has 20 heavy (non-hydrogen) atoms. The molecule has 1 atom stereocenters. The Bertz CT molecular complexity index is 431. The number of esters is 2. The van der Waals surface area contributed by atoms with E-state index in [1.165, 1.54) is 0 Å².